The highest BCUT2D eigenvalue weighted by atomic mass is 16.7. The van der Waals surface area contributed by atoms with Crippen LogP contribution in [0.3, 0.4) is 0 Å². The molecule has 0 aliphatic carbocycles. The van der Waals surface area contributed by atoms with E-state index in [0.717, 1.165) is 12.8 Å². The van der Waals surface area contributed by atoms with E-state index in [2.05, 4.69) is 19.9 Å². The smallest absolute Gasteiger partial charge is 0.246 e. The molecule has 0 fully saturated rings. The summed E-state index contributed by atoms with van der Waals surface area (Å²) in [6.07, 6.45) is 15.1. The fraction of sp³-hybridized carbons (Fsp3) is 0.842. The van der Waals surface area contributed by atoms with Crippen LogP contribution < -0.4 is 0 Å². The molecule has 0 saturated carbocycles. The van der Waals surface area contributed by atoms with Crippen molar-refractivity contribution < 1.29 is 9.63 Å². The molecule has 0 aromatic rings. The van der Waals surface area contributed by atoms with Gasteiger partial charge >= 0.3 is 0 Å². The third-order valence-corrected chi connectivity index (χ3v) is 4.37. The molecule has 128 valence electrons. The molecular formula is C19H35NO2. The van der Waals surface area contributed by atoms with Crippen molar-refractivity contribution in [2.45, 2.75) is 97.4 Å². The normalized spacial score (nSPS) is 24.1. The predicted molar refractivity (Wildman–Crippen MR) is 92.5 cm³/mol. The highest BCUT2D eigenvalue weighted by Gasteiger charge is 2.20. The standard InChI is InChI=1S/C19H35NO2/c1-4-22-20-18(3)16-17(2)14-12-10-8-6-5-7-9-11-13-15-19(20)21/h14,18H,4-13,15-16H2,1-3H3. The van der Waals surface area contributed by atoms with Crippen LogP contribution in [-0.4, -0.2) is 23.6 Å². The van der Waals surface area contributed by atoms with Crippen LogP contribution >= 0.6 is 0 Å². The van der Waals surface area contributed by atoms with Crippen molar-refractivity contribution in [3.05, 3.63) is 11.6 Å². The third-order valence-electron chi connectivity index (χ3n) is 4.37. The van der Waals surface area contributed by atoms with Crippen LogP contribution in [0.2, 0.25) is 0 Å². The summed E-state index contributed by atoms with van der Waals surface area (Å²) < 4.78 is 0. The van der Waals surface area contributed by atoms with Gasteiger partial charge in [0.25, 0.3) is 0 Å². The Morgan fingerprint density at radius 2 is 1.68 bits per heavy atom. The lowest BCUT2D eigenvalue weighted by atomic mass is 10.0. The maximum Gasteiger partial charge on any atom is 0.246 e. The first-order valence-electron chi connectivity index (χ1n) is 9.25. The second-order valence-corrected chi connectivity index (χ2v) is 6.61. The molecule has 1 amide bonds. The summed E-state index contributed by atoms with van der Waals surface area (Å²) in [4.78, 5) is 18.0. The molecule has 0 N–H and O–H groups in total. The molecule has 0 radical (unpaired) electrons. The zero-order valence-corrected chi connectivity index (χ0v) is 14.9. The Morgan fingerprint density at radius 3 is 2.32 bits per heavy atom. The van der Waals surface area contributed by atoms with Crippen LogP contribution in [0.5, 0.6) is 0 Å². The molecule has 0 aromatic heterocycles. The van der Waals surface area contributed by atoms with Gasteiger partial charge in [-0.3, -0.25) is 9.63 Å². The summed E-state index contributed by atoms with van der Waals surface area (Å²) >= 11 is 0. The minimum atomic E-state index is 0.122. The molecule has 1 aliphatic rings. The second-order valence-electron chi connectivity index (χ2n) is 6.61. The van der Waals surface area contributed by atoms with Gasteiger partial charge in [0, 0.05) is 6.42 Å². The Labute approximate surface area is 137 Å². The van der Waals surface area contributed by atoms with E-state index in [1.807, 2.05) is 6.92 Å². The summed E-state index contributed by atoms with van der Waals surface area (Å²) in [5.74, 6) is 0.147. The van der Waals surface area contributed by atoms with Crippen LogP contribution in [0.15, 0.2) is 11.6 Å². The van der Waals surface area contributed by atoms with Gasteiger partial charge in [0.05, 0.1) is 12.6 Å². The molecule has 0 spiro atoms. The maximum absolute atomic E-state index is 12.4. The maximum atomic E-state index is 12.4. The minimum Gasteiger partial charge on any atom is -0.273 e. The monoisotopic (exact) mass is 309 g/mol. The van der Waals surface area contributed by atoms with Crippen molar-refractivity contribution in [1.82, 2.24) is 5.06 Å². The number of rotatable bonds is 2. The molecule has 0 saturated heterocycles. The van der Waals surface area contributed by atoms with Gasteiger partial charge < -0.3 is 0 Å². The topological polar surface area (TPSA) is 29.5 Å². The second kappa shape index (κ2) is 11.7. The van der Waals surface area contributed by atoms with Crippen LogP contribution in [-0.2, 0) is 9.63 Å². The van der Waals surface area contributed by atoms with Gasteiger partial charge in [-0.05, 0) is 46.5 Å². The third kappa shape index (κ3) is 7.98. The number of carbonyl (C=O) groups excluding carboxylic acids is 1. The SMILES string of the molecule is CCON1C(=O)CCCCCCCCCCC=C(C)CC1C. The molecule has 3 nitrogen and oxygen atoms in total. The number of hydrogen-bond acceptors (Lipinski definition) is 2. The van der Waals surface area contributed by atoms with Crippen LogP contribution in [0.4, 0.5) is 0 Å². The van der Waals surface area contributed by atoms with Gasteiger partial charge in [-0.1, -0.05) is 50.2 Å². The molecule has 3 heteroatoms. The van der Waals surface area contributed by atoms with E-state index in [0.29, 0.717) is 13.0 Å². The molecule has 0 aromatic carbocycles. The number of amides is 1. The predicted octanol–water partition coefficient (Wildman–Crippen LogP) is 5.41. The van der Waals surface area contributed by atoms with Crippen molar-refractivity contribution in [3.63, 3.8) is 0 Å². The van der Waals surface area contributed by atoms with Crippen LogP contribution in [0.1, 0.15) is 91.4 Å². The Morgan fingerprint density at radius 1 is 1.09 bits per heavy atom. The zero-order valence-electron chi connectivity index (χ0n) is 14.9. The molecule has 1 heterocycles. The van der Waals surface area contributed by atoms with Crippen molar-refractivity contribution >= 4 is 5.91 Å². The van der Waals surface area contributed by atoms with E-state index in [9.17, 15) is 4.79 Å². The molecule has 1 unspecified atom stereocenters. The lowest BCUT2D eigenvalue weighted by Gasteiger charge is -2.28. The lowest BCUT2D eigenvalue weighted by molar-refractivity contribution is -0.196. The number of hydroxylamine groups is 2. The van der Waals surface area contributed by atoms with Crippen molar-refractivity contribution in [3.8, 4) is 0 Å². The van der Waals surface area contributed by atoms with Gasteiger partial charge in [-0.25, -0.2) is 5.06 Å². The highest BCUT2D eigenvalue weighted by Crippen LogP contribution is 2.17. The zero-order chi connectivity index (χ0) is 16.2. The Balaban J connectivity index is 2.63. The molecule has 1 aliphatic heterocycles. The minimum absolute atomic E-state index is 0.122. The Kier molecular flexibility index (Phi) is 10.2. The number of allylic oxidation sites excluding steroid dienone is 1. The number of carbonyl (C=O) groups is 1. The first-order chi connectivity index (χ1) is 10.6. The quantitative estimate of drug-likeness (QED) is 0.639. The van der Waals surface area contributed by atoms with Crippen LogP contribution in [0.25, 0.3) is 0 Å². The average molecular weight is 309 g/mol. The van der Waals surface area contributed by atoms with Gasteiger partial charge in [0.15, 0.2) is 0 Å². The van der Waals surface area contributed by atoms with Gasteiger partial charge in [-0.2, -0.15) is 0 Å². The van der Waals surface area contributed by atoms with E-state index in [4.69, 9.17) is 4.84 Å². The fourth-order valence-electron chi connectivity index (χ4n) is 3.16. The summed E-state index contributed by atoms with van der Waals surface area (Å²) in [6.45, 7) is 6.77. The first kappa shape index (κ1) is 19.2. The van der Waals surface area contributed by atoms with Crippen molar-refractivity contribution in [2.75, 3.05) is 6.61 Å². The van der Waals surface area contributed by atoms with Crippen LogP contribution in [0, 0.1) is 0 Å². The molecule has 1 rings (SSSR count). The molecule has 22 heavy (non-hydrogen) atoms. The van der Waals surface area contributed by atoms with Crippen molar-refractivity contribution in [1.29, 1.82) is 0 Å². The molecule has 0 bridgehead atoms. The summed E-state index contributed by atoms with van der Waals surface area (Å²) in [6, 6.07) is 0.122. The molecular weight excluding hydrogens is 274 g/mol. The highest BCUT2D eigenvalue weighted by molar-refractivity contribution is 5.75. The summed E-state index contributed by atoms with van der Waals surface area (Å²) in [7, 11) is 0. The summed E-state index contributed by atoms with van der Waals surface area (Å²) in [5.41, 5.74) is 1.37. The van der Waals surface area contributed by atoms with Crippen molar-refractivity contribution in [2.24, 2.45) is 0 Å². The average Bonchev–Trinajstić information content (AvgIpc) is 2.48. The van der Waals surface area contributed by atoms with E-state index < -0.39 is 0 Å². The van der Waals surface area contributed by atoms with E-state index in [1.165, 1.54) is 56.9 Å². The number of hydrogen-bond donors (Lipinski definition) is 0. The first-order valence-corrected chi connectivity index (χ1v) is 9.25. The van der Waals surface area contributed by atoms with Gasteiger partial charge in [0.1, 0.15) is 0 Å². The summed E-state index contributed by atoms with van der Waals surface area (Å²) in [5, 5.41) is 1.63. The van der Waals surface area contributed by atoms with E-state index in [1.54, 1.807) is 5.06 Å². The lowest BCUT2D eigenvalue weighted by Crippen LogP contribution is -2.38. The van der Waals surface area contributed by atoms with E-state index >= 15 is 0 Å². The number of nitrogens with zero attached hydrogens (tertiary/aromatic N) is 1. The largest absolute Gasteiger partial charge is 0.273 e. The van der Waals surface area contributed by atoms with Gasteiger partial charge in [0.2, 0.25) is 5.91 Å². The fourth-order valence-corrected chi connectivity index (χ4v) is 3.16. The molecule has 1 atom stereocenters. The Hall–Kier alpha value is -0.830. The Bertz CT molecular complexity index is 338. The van der Waals surface area contributed by atoms with Gasteiger partial charge in [-0.15, -0.1) is 0 Å². The van der Waals surface area contributed by atoms with E-state index in [-0.39, 0.29) is 11.9 Å².